The number of nitrogens with zero attached hydrogens (tertiary/aromatic N) is 2. The highest BCUT2D eigenvalue weighted by Crippen LogP contribution is 2.16. The Kier molecular flexibility index (Phi) is 3.88. The monoisotopic (exact) mass is 239 g/mol. The van der Waals surface area contributed by atoms with Crippen molar-refractivity contribution in [1.82, 2.24) is 10.5 Å². The molecule has 2 heterocycles. The summed E-state index contributed by atoms with van der Waals surface area (Å²) in [6.45, 7) is 4.69. The van der Waals surface area contributed by atoms with Crippen molar-refractivity contribution in [2.75, 3.05) is 5.75 Å². The minimum absolute atomic E-state index is 0.576. The first kappa shape index (κ1) is 11.5. The Labute approximate surface area is 99.9 Å². The number of aromatic nitrogens is 1. The minimum atomic E-state index is 0.576. The van der Waals surface area contributed by atoms with E-state index in [-0.39, 0.29) is 0 Å². The number of nitrogens with one attached hydrogen (secondary N) is 1. The lowest BCUT2D eigenvalue weighted by Crippen LogP contribution is -2.37. The molecule has 0 spiro atoms. The fourth-order valence-electron chi connectivity index (χ4n) is 1.62. The molecule has 4 nitrogen and oxygen atoms in total. The summed E-state index contributed by atoms with van der Waals surface area (Å²) in [6.07, 6.45) is 2.38. The van der Waals surface area contributed by atoms with Gasteiger partial charge in [-0.2, -0.15) is 0 Å². The molecule has 0 bridgehead atoms. The number of aliphatic imine (C=N–C) groups is 1. The smallest absolute Gasteiger partial charge is 0.158 e. The summed E-state index contributed by atoms with van der Waals surface area (Å²) in [6, 6.07) is 2.51. The molecule has 5 heteroatoms. The maximum atomic E-state index is 5.11. The van der Waals surface area contributed by atoms with Gasteiger partial charge in [0.15, 0.2) is 10.9 Å². The van der Waals surface area contributed by atoms with Crippen molar-refractivity contribution in [1.29, 1.82) is 0 Å². The van der Waals surface area contributed by atoms with E-state index in [2.05, 4.69) is 22.4 Å². The predicted octanol–water partition coefficient (Wildman–Crippen LogP) is 2.34. The van der Waals surface area contributed by atoms with Crippen LogP contribution in [0.2, 0.25) is 0 Å². The van der Waals surface area contributed by atoms with Crippen molar-refractivity contribution in [2.45, 2.75) is 39.3 Å². The number of amidine groups is 1. The summed E-state index contributed by atoms with van der Waals surface area (Å²) >= 11 is 1.79. The van der Waals surface area contributed by atoms with Crippen molar-refractivity contribution >= 4 is 16.9 Å². The molecule has 0 radical (unpaired) electrons. The summed E-state index contributed by atoms with van der Waals surface area (Å²) < 4.78 is 5.11. The zero-order valence-electron chi connectivity index (χ0n) is 9.69. The van der Waals surface area contributed by atoms with E-state index >= 15 is 0 Å². The van der Waals surface area contributed by atoms with Crippen LogP contribution in [0.5, 0.6) is 0 Å². The quantitative estimate of drug-likeness (QED) is 0.879. The Bertz CT molecular complexity index is 375. The third-order valence-corrected chi connectivity index (χ3v) is 3.54. The van der Waals surface area contributed by atoms with E-state index in [9.17, 15) is 0 Å². The molecular weight excluding hydrogens is 222 g/mol. The summed E-state index contributed by atoms with van der Waals surface area (Å²) in [5.41, 5.74) is 0.908. The molecule has 1 fully saturated rings. The minimum Gasteiger partial charge on any atom is -0.362 e. The Hall–Kier alpha value is -0.970. The van der Waals surface area contributed by atoms with E-state index in [1.807, 2.05) is 13.0 Å². The lowest BCUT2D eigenvalue weighted by molar-refractivity contribution is 0.381. The lowest BCUT2D eigenvalue weighted by Gasteiger charge is -2.23. The molecule has 2 rings (SSSR count). The van der Waals surface area contributed by atoms with Crippen molar-refractivity contribution in [3.05, 3.63) is 17.5 Å². The van der Waals surface area contributed by atoms with Gasteiger partial charge in [-0.15, -0.1) is 0 Å². The van der Waals surface area contributed by atoms with Gasteiger partial charge in [-0.3, -0.25) is 4.99 Å². The van der Waals surface area contributed by atoms with Gasteiger partial charge in [0.05, 0.1) is 5.69 Å². The fourth-order valence-corrected chi connectivity index (χ4v) is 2.63. The Morgan fingerprint density at radius 3 is 3.25 bits per heavy atom. The molecule has 1 atom stereocenters. The normalized spacial score (nSPS) is 23.4. The number of rotatable bonds is 3. The van der Waals surface area contributed by atoms with Crippen LogP contribution < -0.4 is 5.32 Å². The zero-order valence-corrected chi connectivity index (χ0v) is 10.5. The van der Waals surface area contributed by atoms with E-state index in [1.54, 1.807) is 11.8 Å². The molecule has 1 unspecified atom stereocenters. The molecule has 0 aliphatic carbocycles. The van der Waals surface area contributed by atoms with Crippen LogP contribution in [0, 0.1) is 6.92 Å². The Balaban J connectivity index is 1.91. The average molecular weight is 239 g/mol. The van der Waals surface area contributed by atoms with E-state index in [0.717, 1.165) is 28.8 Å². The van der Waals surface area contributed by atoms with Gasteiger partial charge in [0.1, 0.15) is 6.54 Å². The molecule has 0 amide bonds. The van der Waals surface area contributed by atoms with Crippen LogP contribution in [-0.2, 0) is 6.54 Å². The molecule has 1 saturated heterocycles. The summed E-state index contributed by atoms with van der Waals surface area (Å²) in [5.74, 6) is 1.98. The third-order valence-electron chi connectivity index (χ3n) is 2.58. The van der Waals surface area contributed by atoms with Crippen molar-refractivity contribution in [3.8, 4) is 0 Å². The van der Waals surface area contributed by atoms with E-state index in [1.165, 1.54) is 6.42 Å². The van der Waals surface area contributed by atoms with E-state index in [4.69, 9.17) is 4.52 Å². The second-order valence-electron chi connectivity index (χ2n) is 3.94. The maximum Gasteiger partial charge on any atom is 0.158 e. The van der Waals surface area contributed by atoms with Gasteiger partial charge in [0.2, 0.25) is 0 Å². The summed E-state index contributed by atoms with van der Waals surface area (Å²) in [5, 5.41) is 8.31. The van der Waals surface area contributed by atoms with Gasteiger partial charge in [0, 0.05) is 17.9 Å². The first-order valence-electron chi connectivity index (χ1n) is 5.64. The topological polar surface area (TPSA) is 50.4 Å². The van der Waals surface area contributed by atoms with Crippen LogP contribution in [0.3, 0.4) is 0 Å². The molecule has 16 heavy (non-hydrogen) atoms. The Morgan fingerprint density at radius 1 is 1.69 bits per heavy atom. The highest BCUT2D eigenvalue weighted by atomic mass is 32.2. The SMILES string of the molecule is CCC1CCSC(=NCc2cc(C)no2)N1. The van der Waals surface area contributed by atoms with Crippen LogP contribution in [0.15, 0.2) is 15.6 Å². The Morgan fingerprint density at radius 2 is 2.56 bits per heavy atom. The molecular formula is C11H17N3OS. The molecule has 1 N–H and O–H groups in total. The van der Waals surface area contributed by atoms with Crippen LogP contribution in [0.4, 0.5) is 0 Å². The molecule has 1 aliphatic rings. The van der Waals surface area contributed by atoms with Gasteiger partial charge in [-0.25, -0.2) is 0 Å². The first-order chi connectivity index (χ1) is 7.78. The third kappa shape index (κ3) is 3.01. The fraction of sp³-hybridized carbons (Fsp3) is 0.636. The molecule has 88 valence electrons. The first-order valence-corrected chi connectivity index (χ1v) is 6.62. The van der Waals surface area contributed by atoms with Crippen molar-refractivity contribution in [2.24, 2.45) is 4.99 Å². The van der Waals surface area contributed by atoms with Crippen molar-refractivity contribution in [3.63, 3.8) is 0 Å². The maximum absolute atomic E-state index is 5.11. The number of thioether (sulfide) groups is 1. The van der Waals surface area contributed by atoms with Crippen LogP contribution in [0.25, 0.3) is 0 Å². The summed E-state index contributed by atoms with van der Waals surface area (Å²) in [4.78, 5) is 4.50. The number of aryl methyl sites for hydroxylation is 1. The molecule has 1 aromatic rings. The van der Waals surface area contributed by atoms with Gasteiger partial charge >= 0.3 is 0 Å². The van der Waals surface area contributed by atoms with Gasteiger partial charge < -0.3 is 9.84 Å². The van der Waals surface area contributed by atoms with E-state index in [0.29, 0.717) is 12.6 Å². The molecule has 0 saturated carbocycles. The van der Waals surface area contributed by atoms with Gasteiger partial charge in [-0.05, 0) is 19.8 Å². The van der Waals surface area contributed by atoms with Crippen LogP contribution in [0.1, 0.15) is 31.2 Å². The average Bonchev–Trinajstić information content (AvgIpc) is 2.73. The largest absolute Gasteiger partial charge is 0.362 e. The lowest BCUT2D eigenvalue weighted by atomic mass is 10.2. The van der Waals surface area contributed by atoms with Gasteiger partial charge in [0.25, 0.3) is 0 Å². The molecule has 0 aromatic carbocycles. The zero-order chi connectivity index (χ0) is 11.4. The standard InChI is InChI=1S/C11H17N3OS/c1-3-9-4-5-16-11(13-9)12-7-10-6-8(2)14-15-10/h6,9H,3-5,7H2,1-2H3,(H,12,13). The van der Waals surface area contributed by atoms with Crippen molar-refractivity contribution < 1.29 is 4.52 Å². The summed E-state index contributed by atoms with van der Waals surface area (Å²) in [7, 11) is 0. The molecule has 1 aromatic heterocycles. The molecule has 1 aliphatic heterocycles. The number of hydrogen-bond acceptors (Lipinski definition) is 4. The highest BCUT2D eigenvalue weighted by molar-refractivity contribution is 8.13. The second kappa shape index (κ2) is 5.39. The number of hydrogen-bond donors (Lipinski definition) is 1. The van der Waals surface area contributed by atoms with Crippen LogP contribution in [-0.4, -0.2) is 22.1 Å². The van der Waals surface area contributed by atoms with Gasteiger partial charge in [-0.1, -0.05) is 23.8 Å². The second-order valence-corrected chi connectivity index (χ2v) is 5.03. The van der Waals surface area contributed by atoms with Crippen LogP contribution >= 0.6 is 11.8 Å². The highest BCUT2D eigenvalue weighted by Gasteiger charge is 2.15. The predicted molar refractivity (Wildman–Crippen MR) is 66.7 cm³/mol. The van der Waals surface area contributed by atoms with E-state index < -0.39 is 0 Å².